The minimum Gasteiger partial charge on any atom is -0.460 e. The van der Waals surface area contributed by atoms with E-state index in [1.54, 1.807) is 30.3 Å². The smallest absolute Gasteiger partial charge is 0.302 e. The van der Waals surface area contributed by atoms with Crippen molar-refractivity contribution in [1.82, 2.24) is 0 Å². The molecular weight excluding hydrogens is 460 g/mol. The number of sulfone groups is 1. The summed E-state index contributed by atoms with van der Waals surface area (Å²) in [5.74, 6) is -0.777. The molecule has 9 heteroatoms. The van der Waals surface area contributed by atoms with Gasteiger partial charge in [-0.15, -0.1) is 0 Å². The zero-order valence-corrected chi connectivity index (χ0v) is 19.6. The summed E-state index contributed by atoms with van der Waals surface area (Å²) < 4.78 is 56.1. The van der Waals surface area contributed by atoms with Crippen molar-refractivity contribution >= 4 is 15.8 Å². The number of esters is 1. The Kier molecular flexibility index (Phi) is 6.72. The lowest BCUT2D eigenvalue weighted by atomic mass is 9.90. The Labute approximate surface area is 199 Å². The average molecular weight is 489 g/mol. The molecule has 2 aromatic rings. The first-order valence-electron chi connectivity index (χ1n) is 11.5. The van der Waals surface area contributed by atoms with E-state index in [2.05, 4.69) is 0 Å². The number of hydrogen-bond acceptors (Lipinski definition) is 8. The van der Waals surface area contributed by atoms with Crippen molar-refractivity contribution in [3.63, 3.8) is 0 Å². The van der Waals surface area contributed by atoms with Crippen molar-refractivity contribution in [2.45, 2.75) is 67.6 Å². The molecule has 0 aromatic heterocycles. The van der Waals surface area contributed by atoms with Gasteiger partial charge in [-0.05, 0) is 12.1 Å². The van der Waals surface area contributed by atoms with Crippen LogP contribution in [0.5, 0.6) is 0 Å². The largest absolute Gasteiger partial charge is 0.460 e. The van der Waals surface area contributed by atoms with Crippen LogP contribution in [0.15, 0.2) is 65.6 Å². The molecule has 3 fully saturated rings. The molecule has 3 saturated heterocycles. The Morgan fingerprint density at radius 2 is 1.53 bits per heavy atom. The van der Waals surface area contributed by atoms with Gasteiger partial charge < -0.3 is 23.7 Å². The molecule has 8 nitrogen and oxygen atoms in total. The third kappa shape index (κ3) is 5.04. The molecule has 0 bridgehead atoms. The highest BCUT2D eigenvalue weighted by molar-refractivity contribution is 7.91. The standard InChI is InChI=1S/C25H28O8S/c1-16(26)30-22-13-19-20(32-24(22)15-34(27,28)18-10-6-3-7-11-18)12-21-23(31-19)14-29-25(33-21)17-8-4-2-5-9-17/h2-11,19-25H,12-15H2,1H3/t19-,20+,21-,22?,23+,24-,25+/m0/s1. The topological polar surface area (TPSA) is 97.4 Å². The van der Waals surface area contributed by atoms with Crippen LogP contribution in [-0.4, -0.2) is 63.4 Å². The molecule has 7 atom stereocenters. The fraction of sp³-hybridized carbons (Fsp3) is 0.480. The number of carbonyl (C=O) groups excluding carboxylic acids is 1. The maximum atomic E-state index is 13.0. The van der Waals surface area contributed by atoms with Gasteiger partial charge in [-0.1, -0.05) is 48.5 Å². The van der Waals surface area contributed by atoms with Crippen LogP contribution in [0.4, 0.5) is 0 Å². The maximum Gasteiger partial charge on any atom is 0.302 e. The maximum absolute atomic E-state index is 13.0. The molecule has 182 valence electrons. The van der Waals surface area contributed by atoms with Gasteiger partial charge in [-0.3, -0.25) is 4.79 Å². The summed E-state index contributed by atoms with van der Waals surface area (Å²) >= 11 is 0. The van der Waals surface area contributed by atoms with Crippen molar-refractivity contribution in [1.29, 1.82) is 0 Å². The lowest BCUT2D eigenvalue weighted by molar-refractivity contribution is -0.320. The highest BCUT2D eigenvalue weighted by Gasteiger charge is 2.50. The van der Waals surface area contributed by atoms with Gasteiger partial charge in [0.25, 0.3) is 0 Å². The quantitative estimate of drug-likeness (QED) is 0.593. The molecule has 3 aliphatic heterocycles. The second-order valence-corrected chi connectivity index (χ2v) is 10.9. The highest BCUT2D eigenvalue weighted by atomic mass is 32.2. The van der Waals surface area contributed by atoms with Gasteiger partial charge in [0.15, 0.2) is 16.1 Å². The second kappa shape index (κ2) is 9.75. The monoisotopic (exact) mass is 488 g/mol. The van der Waals surface area contributed by atoms with Gasteiger partial charge in [0.1, 0.15) is 18.3 Å². The summed E-state index contributed by atoms with van der Waals surface area (Å²) in [6, 6.07) is 17.9. The van der Waals surface area contributed by atoms with Gasteiger partial charge in [-0.2, -0.15) is 0 Å². The van der Waals surface area contributed by atoms with Crippen molar-refractivity contribution in [3.8, 4) is 0 Å². The fourth-order valence-corrected chi connectivity index (χ4v) is 6.34. The molecule has 34 heavy (non-hydrogen) atoms. The lowest BCUT2D eigenvalue weighted by Crippen LogP contribution is -2.60. The fourth-order valence-electron chi connectivity index (χ4n) is 4.85. The van der Waals surface area contributed by atoms with Gasteiger partial charge in [0.05, 0.1) is 35.6 Å². The molecule has 5 rings (SSSR count). The summed E-state index contributed by atoms with van der Waals surface area (Å²) in [6.07, 6.45) is -2.38. The van der Waals surface area contributed by atoms with Crippen LogP contribution in [0, 0.1) is 0 Å². The molecule has 0 N–H and O–H groups in total. The van der Waals surface area contributed by atoms with E-state index in [-0.39, 0.29) is 35.1 Å². The Morgan fingerprint density at radius 3 is 2.24 bits per heavy atom. The summed E-state index contributed by atoms with van der Waals surface area (Å²) in [5.41, 5.74) is 0.925. The number of benzene rings is 2. The number of carbonyl (C=O) groups is 1. The summed E-state index contributed by atoms with van der Waals surface area (Å²) in [4.78, 5) is 12.0. The number of hydrogen-bond donors (Lipinski definition) is 0. The molecule has 3 aliphatic rings. The van der Waals surface area contributed by atoms with Crippen molar-refractivity contribution in [2.75, 3.05) is 12.4 Å². The predicted octanol–water partition coefficient (Wildman–Crippen LogP) is 2.82. The minimum absolute atomic E-state index is 0.209. The van der Waals surface area contributed by atoms with E-state index in [1.807, 2.05) is 30.3 Å². The van der Waals surface area contributed by atoms with E-state index in [9.17, 15) is 13.2 Å². The van der Waals surface area contributed by atoms with E-state index in [0.29, 0.717) is 19.4 Å². The van der Waals surface area contributed by atoms with Crippen LogP contribution in [-0.2, 0) is 38.3 Å². The molecule has 0 radical (unpaired) electrons. The molecular formula is C25H28O8S. The number of ether oxygens (including phenoxy) is 5. The molecule has 0 amide bonds. The van der Waals surface area contributed by atoms with Gasteiger partial charge >= 0.3 is 5.97 Å². The van der Waals surface area contributed by atoms with Crippen LogP contribution in [0.3, 0.4) is 0 Å². The average Bonchev–Trinajstić information content (AvgIpc) is 2.83. The zero-order chi connectivity index (χ0) is 23.7. The Hall–Kier alpha value is -2.30. The van der Waals surface area contributed by atoms with E-state index in [0.717, 1.165) is 5.56 Å². The first-order chi connectivity index (χ1) is 16.4. The van der Waals surface area contributed by atoms with E-state index in [1.165, 1.54) is 6.92 Å². The SMILES string of the molecule is CC(=O)OC1C[C@@H]2O[C@@H]3CO[C@@H](c4ccccc4)O[C@H]3C[C@H]2O[C@H]1CS(=O)(=O)c1ccccc1. The second-order valence-electron chi connectivity index (χ2n) is 8.89. The number of fused-ring (bicyclic) bond motifs is 2. The van der Waals surface area contributed by atoms with Crippen molar-refractivity contribution < 1.29 is 36.9 Å². The molecule has 0 spiro atoms. The minimum atomic E-state index is -3.64. The molecule has 0 saturated carbocycles. The van der Waals surface area contributed by atoms with Gasteiger partial charge in [0.2, 0.25) is 0 Å². The Morgan fingerprint density at radius 1 is 0.882 bits per heavy atom. The Balaban J connectivity index is 1.31. The molecule has 1 unspecified atom stereocenters. The molecule has 0 aliphatic carbocycles. The predicted molar refractivity (Wildman–Crippen MR) is 121 cm³/mol. The first kappa shape index (κ1) is 23.4. The number of rotatable bonds is 5. The first-order valence-corrected chi connectivity index (χ1v) is 13.1. The van der Waals surface area contributed by atoms with Crippen LogP contribution >= 0.6 is 0 Å². The zero-order valence-electron chi connectivity index (χ0n) is 18.8. The molecule has 3 heterocycles. The lowest BCUT2D eigenvalue weighted by Gasteiger charge is -2.49. The summed E-state index contributed by atoms with van der Waals surface area (Å²) in [5, 5.41) is 0. The third-order valence-electron chi connectivity index (χ3n) is 6.46. The Bertz CT molecular complexity index is 1090. The summed E-state index contributed by atoms with van der Waals surface area (Å²) in [7, 11) is -3.64. The van der Waals surface area contributed by atoms with Crippen LogP contribution in [0.25, 0.3) is 0 Å². The van der Waals surface area contributed by atoms with Crippen molar-refractivity contribution in [3.05, 3.63) is 66.2 Å². The van der Waals surface area contributed by atoms with E-state index in [4.69, 9.17) is 23.7 Å². The normalized spacial score (nSPS) is 33.4. The summed E-state index contributed by atoms with van der Waals surface area (Å²) in [6.45, 7) is 1.68. The molecule has 2 aromatic carbocycles. The highest BCUT2D eigenvalue weighted by Crippen LogP contribution is 2.39. The van der Waals surface area contributed by atoms with E-state index >= 15 is 0 Å². The van der Waals surface area contributed by atoms with Gasteiger partial charge in [0, 0.05) is 25.3 Å². The van der Waals surface area contributed by atoms with Gasteiger partial charge in [-0.25, -0.2) is 8.42 Å². The van der Waals surface area contributed by atoms with E-state index < -0.39 is 34.3 Å². The van der Waals surface area contributed by atoms with Crippen LogP contribution < -0.4 is 0 Å². The third-order valence-corrected chi connectivity index (χ3v) is 8.22. The van der Waals surface area contributed by atoms with Crippen LogP contribution in [0.1, 0.15) is 31.6 Å². The van der Waals surface area contributed by atoms with Crippen molar-refractivity contribution in [2.24, 2.45) is 0 Å². The van der Waals surface area contributed by atoms with Crippen LogP contribution in [0.2, 0.25) is 0 Å².